The molecule has 0 radical (unpaired) electrons. The molecule has 6 nitrogen and oxygen atoms in total. The zero-order valence-corrected chi connectivity index (χ0v) is 12.9. The van der Waals surface area contributed by atoms with Gasteiger partial charge in [0.2, 0.25) is 11.8 Å². The number of hydrogen-bond donors (Lipinski definition) is 1. The van der Waals surface area contributed by atoms with Crippen LogP contribution >= 0.6 is 27.5 Å². The first-order chi connectivity index (χ1) is 9.43. The van der Waals surface area contributed by atoms with Gasteiger partial charge in [0, 0.05) is 10.7 Å². The number of piperazine rings is 1. The summed E-state index contributed by atoms with van der Waals surface area (Å²) < 4.78 is 0.589. The maximum absolute atomic E-state index is 12.5. The number of carbonyl (C=O) groups excluding carboxylic acids is 3. The molecule has 1 aliphatic rings. The van der Waals surface area contributed by atoms with Crippen molar-refractivity contribution in [2.45, 2.75) is 19.4 Å². The van der Waals surface area contributed by atoms with E-state index in [1.165, 1.54) is 17.2 Å². The van der Waals surface area contributed by atoms with Crippen LogP contribution in [0.3, 0.4) is 0 Å². The predicted octanol–water partition coefficient (Wildman–Crippen LogP) is 1.37. The summed E-state index contributed by atoms with van der Waals surface area (Å²) in [5.41, 5.74) is 0.155. The van der Waals surface area contributed by atoms with E-state index in [4.69, 9.17) is 11.6 Å². The van der Waals surface area contributed by atoms with Crippen LogP contribution in [-0.2, 0) is 9.59 Å². The van der Waals surface area contributed by atoms with Crippen molar-refractivity contribution in [2.24, 2.45) is 0 Å². The second kappa shape index (κ2) is 5.88. The zero-order chi connectivity index (χ0) is 14.9. The third kappa shape index (κ3) is 2.83. The lowest BCUT2D eigenvalue weighted by Crippen LogP contribution is -2.59. The van der Waals surface area contributed by atoms with Gasteiger partial charge < -0.3 is 4.90 Å². The van der Waals surface area contributed by atoms with Gasteiger partial charge in [0.1, 0.15) is 17.7 Å². The third-order valence-electron chi connectivity index (χ3n) is 2.94. The van der Waals surface area contributed by atoms with Gasteiger partial charge in [0.15, 0.2) is 0 Å². The average molecular weight is 361 g/mol. The van der Waals surface area contributed by atoms with Crippen LogP contribution in [0, 0.1) is 0 Å². The Labute approximate surface area is 128 Å². The Hall–Kier alpha value is -1.47. The van der Waals surface area contributed by atoms with E-state index in [1.54, 1.807) is 6.92 Å². The Kier molecular flexibility index (Phi) is 4.39. The number of imide groups is 1. The van der Waals surface area contributed by atoms with E-state index in [-0.39, 0.29) is 17.3 Å². The van der Waals surface area contributed by atoms with E-state index in [2.05, 4.69) is 26.2 Å². The molecule has 0 spiro atoms. The van der Waals surface area contributed by atoms with E-state index in [0.717, 1.165) is 0 Å². The molecular formula is C12H11BrClN3O3. The number of nitrogens with zero attached hydrogens (tertiary/aromatic N) is 2. The fourth-order valence-corrected chi connectivity index (χ4v) is 2.53. The molecule has 1 fully saturated rings. The highest BCUT2D eigenvalue weighted by Gasteiger charge is 2.36. The first-order valence-electron chi connectivity index (χ1n) is 5.89. The summed E-state index contributed by atoms with van der Waals surface area (Å²) in [6.07, 6.45) is 1.87. The van der Waals surface area contributed by atoms with Gasteiger partial charge in [-0.05, 0) is 28.4 Å². The zero-order valence-electron chi connectivity index (χ0n) is 10.5. The first-order valence-corrected chi connectivity index (χ1v) is 7.06. The molecular weight excluding hydrogens is 350 g/mol. The molecule has 106 valence electrons. The van der Waals surface area contributed by atoms with Gasteiger partial charge >= 0.3 is 0 Å². The topological polar surface area (TPSA) is 79.4 Å². The molecule has 1 aromatic rings. The van der Waals surface area contributed by atoms with Crippen molar-refractivity contribution >= 4 is 45.3 Å². The summed E-state index contributed by atoms with van der Waals surface area (Å²) in [5.74, 6) is -1.47. The monoisotopic (exact) mass is 359 g/mol. The predicted molar refractivity (Wildman–Crippen MR) is 75.2 cm³/mol. The van der Waals surface area contributed by atoms with Crippen molar-refractivity contribution in [1.29, 1.82) is 0 Å². The molecule has 8 heteroatoms. The minimum Gasteiger partial charge on any atom is -0.317 e. The molecule has 2 heterocycles. The van der Waals surface area contributed by atoms with Crippen LogP contribution in [0.4, 0.5) is 0 Å². The molecule has 1 aromatic heterocycles. The number of aromatic nitrogens is 1. The molecule has 1 aliphatic heterocycles. The molecule has 2 rings (SSSR count). The molecule has 0 aliphatic carbocycles. The van der Waals surface area contributed by atoms with Crippen molar-refractivity contribution in [3.8, 4) is 0 Å². The number of amides is 3. The normalized spacial score (nSPS) is 18.9. The number of pyridine rings is 1. The smallest absolute Gasteiger partial charge is 0.258 e. The fourth-order valence-electron chi connectivity index (χ4n) is 2.01. The van der Waals surface area contributed by atoms with Gasteiger partial charge in [-0.15, -0.1) is 0 Å². The van der Waals surface area contributed by atoms with Crippen LogP contribution in [0.15, 0.2) is 16.7 Å². The second-order valence-corrected chi connectivity index (χ2v) is 5.54. The van der Waals surface area contributed by atoms with Crippen LogP contribution in [-0.4, -0.2) is 40.2 Å². The number of nitrogens with one attached hydrogen (secondary N) is 1. The summed E-state index contributed by atoms with van der Waals surface area (Å²) in [6, 6.07) is 0.830. The highest BCUT2D eigenvalue weighted by molar-refractivity contribution is 9.10. The lowest BCUT2D eigenvalue weighted by Gasteiger charge is -2.33. The second-order valence-electron chi connectivity index (χ2n) is 4.26. The molecule has 0 aromatic carbocycles. The van der Waals surface area contributed by atoms with Gasteiger partial charge in [-0.1, -0.05) is 18.5 Å². The highest BCUT2D eigenvalue weighted by atomic mass is 79.9. The Morgan fingerprint density at radius 3 is 2.95 bits per heavy atom. The molecule has 3 amide bonds. The number of halogens is 2. The summed E-state index contributed by atoms with van der Waals surface area (Å²) in [6.45, 7) is 1.59. The van der Waals surface area contributed by atoms with Gasteiger partial charge in [0.25, 0.3) is 5.91 Å². The summed E-state index contributed by atoms with van der Waals surface area (Å²) in [5, 5.41) is 2.25. The Morgan fingerprint density at radius 1 is 1.60 bits per heavy atom. The Balaban J connectivity index is 2.37. The number of hydrogen-bond acceptors (Lipinski definition) is 4. The van der Waals surface area contributed by atoms with Crippen molar-refractivity contribution in [2.75, 3.05) is 6.54 Å². The van der Waals surface area contributed by atoms with Crippen LogP contribution in [0.5, 0.6) is 0 Å². The average Bonchev–Trinajstić information content (AvgIpc) is 2.40. The Bertz CT molecular complexity index is 593. The van der Waals surface area contributed by atoms with Crippen LogP contribution < -0.4 is 5.32 Å². The van der Waals surface area contributed by atoms with Crippen molar-refractivity contribution in [1.82, 2.24) is 15.2 Å². The summed E-state index contributed by atoms with van der Waals surface area (Å²) in [7, 11) is 0. The number of carbonyl (C=O) groups is 3. The fraction of sp³-hybridized carbons (Fsp3) is 0.333. The van der Waals surface area contributed by atoms with E-state index >= 15 is 0 Å². The van der Waals surface area contributed by atoms with E-state index < -0.39 is 23.8 Å². The molecule has 1 N–H and O–H groups in total. The van der Waals surface area contributed by atoms with Gasteiger partial charge in [-0.3, -0.25) is 19.7 Å². The molecule has 0 bridgehead atoms. The highest BCUT2D eigenvalue weighted by Crippen LogP contribution is 2.22. The first kappa shape index (κ1) is 14.9. The summed E-state index contributed by atoms with van der Waals surface area (Å²) in [4.78, 5) is 40.8. The molecule has 1 atom stereocenters. The molecule has 1 unspecified atom stereocenters. The van der Waals surface area contributed by atoms with Gasteiger partial charge in [-0.2, -0.15) is 0 Å². The lowest BCUT2D eigenvalue weighted by molar-refractivity contribution is -0.138. The molecule has 0 saturated carbocycles. The quantitative estimate of drug-likeness (QED) is 0.638. The summed E-state index contributed by atoms with van der Waals surface area (Å²) >= 11 is 9.12. The molecule has 1 saturated heterocycles. The Morgan fingerprint density at radius 2 is 2.30 bits per heavy atom. The van der Waals surface area contributed by atoms with E-state index in [1.807, 2.05) is 0 Å². The largest absolute Gasteiger partial charge is 0.317 e. The number of rotatable bonds is 2. The maximum atomic E-state index is 12.5. The van der Waals surface area contributed by atoms with Crippen molar-refractivity contribution in [3.63, 3.8) is 0 Å². The van der Waals surface area contributed by atoms with Crippen molar-refractivity contribution < 1.29 is 14.4 Å². The minimum absolute atomic E-state index is 0.0338. The van der Waals surface area contributed by atoms with Gasteiger partial charge in [0.05, 0.1) is 5.56 Å². The van der Waals surface area contributed by atoms with Crippen LogP contribution in [0.1, 0.15) is 23.7 Å². The maximum Gasteiger partial charge on any atom is 0.258 e. The minimum atomic E-state index is -0.685. The molecule has 20 heavy (non-hydrogen) atoms. The van der Waals surface area contributed by atoms with Crippen LogP contribution in [0.2, 0.25) is 5.15 Å². The van der Waals surface area contributed by atoms with Crippen LogP contribution in [0.25, 0.3) is 0 Å². The standard InChI is InChI=1S/C12H11BrClN3O3/c1-2-8-11(19)16-9(18)5-17(8)12(20)7-3-6(13)4-15-10(7)14/h3-4,8H,2,5H2,1H3,(H,16,18,19). The van der Waals surface area contributed by atoms with Crippen molar-refractivity contribution in [3.05, 3.63) is 27.5 Å². The van der Waals surface area contributed by atoms with Gasteiger partial charge in [-0.25, -0.2) is 4.98 Å². The third-order valence-corrected chi connectivity index (χ3v) is 3.67. The lowest BCUT2D eigenvalue weighted by atomic mass is 10.1. The van der Waals surface area contributed by atoms with E-state index in [0.29, 0.717) is 10.9 Å². The SMILES string of the molecule is CCC1C(=O)NC(=O)CN1C(=O)c1cc(Br)cnc1Cl. The van der Waals surface area contributed by atoms with E-state index in [9.17, 15) is 14.4 Å².